The Kier molecular flexibility index (Phi) is 6.26. The molecule has 0 bridgehead atoms. The topological polar surface area (TPSA) is 35.5 Å². The van der Waals surface area contributed by atoms with Gasteiger partial charge >= 0.3 is 5.97 Å². The van der Waals surface area contributed by atoms with Crippen LogP contribution in [-0.2, 0) is 17.2 Å². The molecule has 2 aromatic carbocycles. The van der Waals surface area contributed by atoms with E-state index in [1.807, 2.05) is 19.1 Å². The normalized spacial score (nSPS) is 10.5. The first-order valence-electron chi connectivity index (χ1n) is 7.78. The maximum Gasteiger partial charge on any atom is 0.310 e. The predicted octanol–water partition coefficient (Wildman–Crippen LogP) is 4.77. The number of thiol groups is 1. The number of rotatable bonds is 6. The lowest BCUT2D eigenvalue weighted by Gasteiger charge is -2.16. The molecule has 3 nitrogen and oxygen atoms in total. The first-order chi connectivity index (χ1) is 11.5. The number of aryl methyl sites for hydroxylation is 2. The molecule has 2 rings (SSSR count). The molecular formula is C19H21FO3S. The number of halogens is 1. The molecule has 24 heavy (non-hydrogen) atoms. The third kappa shape index (κ3) is 4.29. The van der Waals surface area contributed by atoms with Gasteiger partial charge in [-0.25, -0.2) is 4.39 Å². The summed E-state index contributed by atoms with van der Waals surface area (Å²) >= 11 is 4.31. The lowest BCUT2D eigenvalue weighted by Crippen LogP contribution is -2.10. The van der Waals surface area contributed by atoms with Gasteiger partial charge in [0.15, 0.2) is 0 Å². The van der Waals surface area contributed by atoms with Gasteiger partial charge in [0.2, 0.25) is 0 Å². The molecule has 0 N–H and O–H groups in total. The van der Waals surface area contributed by atoms with Crippen molar-refractivity contribution < 1.29 is 18.7 Å². The molecule has 0 saturated carbocycles. The van der Waals surface area contributed by atoms with Crippen LogP contribution in [0.25, 0.3) is 0 Å². The van der Waals surface area contributed by atoms with E-state index < -0.39 is 0 Å². The summed E-state index contributed by atoms with van der Waals surface area (Å²) in [5, 5.41) is 0. The molecule has 0 aliphatic carbocycles. The smallest absolute Gasteiger partial charge is 0.310 e. The Labute approximate surface area is 147 Å². The van der Waals surface area contributed by atoms with E-state index in [1.54, 1.807) is 26.0 Å². The van der Waals surface area contributed by atoms with E-state index in [9.17, 15) is 9.18 Å². The van der Waals surface area contributed by atoms with E-state index in [4.69, 9.17) is 9.47 Å². The number of hydrogen-bond donors (Lipinski definition) is 1. The summed E-state index contributed by atoms with van der Waals surface area (Å²) < 4.78 is 24.9. The first kappa shape index (κ1) is 18.3. The van der Waals surface area contributed by atoms with Gasteiger partial charge in [0.1, 0.15) is 23.9 Å². The molecule has 0 aromatic heterocycles. The number of benzene rings is 2. The van der Waals surface area contributed by atoms with Crippen LogP contribution in [-0.4, -0.2) is 5.97 Å². The van der Waals surface area contributed by atoms with Gasteiger partial charge in [-0.3, -0.25) is 4.79 Å². The van der Waals surface area contributed by atoms with Crippen molar-refractivity contribution >= 4 is 18.6 Å². The summed E-state index contributed by atoms with van der Waals surface area (Å²) in [6, 6.07) is 8.56. The highest BCUT2D eigenvalue weighted by atomic mass is 32.1. The molecule has 0 spiro atoms. The summed E-state index contributed by atoms with van der Waals surface area (Å²) in [5.74, 6) is 0.788. The third-order valence-electron chi connectivity index (χ3n) is 3.74. The zero-order chi connectivity index (χ0) is 17.7. The van der Waals surface area contributed by atoms with Gasteiger partial charge in [0, 0.05) is 23.8 Å². The van der Waals surface area contributed by atoms with Gasteiger partial charge in [-0.2, -0.15) is 12.6 Å². The van der Waals surface area contributed by atoms with Crippen molar-refractivity contribution in [3.63, 3.8) is 0 Å². The molecule has 5 heteroatoms. The molecular weight excluding hydrogens is 327 g/mol. The second kappa shape index (κ2) is 8.20. The third-order valence-corrected chi connectivity index (χ3v) is 4.08. The Morgan fingerprint density at radius 2 is 1.92 bits per heavy atom. The summed E-state index contributed by atoms with van der Waals surface area (Å²) in [4.78, 5) is 11.6. The van der Waals surface area contributed by atoms with E-state index >= 15 is 0 Å². The fourth-order valence-corrected chi connectivity index (χ4v) is 2.62. The molecule has 0 fully saturated rings. The standard InChI is InChI=1S/C19H21FO3S/c1-4-19(21)23-17-7-5-6-14(11-24)15(17)10-22-18-9-16(20)12(2)8-13(18)3/h5-9,24H,4,10-11H2,1-3H3. The zero-order valence-electron chi connectivity index (χ0n) is 14.1. The van der Waals surface area contributed by atoms with Crippen molar-refractivity contribution in [1.82, 2.24) is 0 Å². The van der Waals surface area contributed by atoms with E-state index in [0.717, 1.165) is 16.7 Å². The van der Waals surface area contributed by atoms with Crippen molar-refractivity contribution in [1.29, 1.82) is 0 Å². The Balaban J connectivity index is 2.28. The molecule has 0 aliphatic rings. The average molecular weight is 348 g/mol. The van der Waals surface area contributed by atoms with E-state index in [0.29, 0.717) is 22.8 Å². The largest absolute Gasteiger partial charge is 0.488 e. The predicted molar refractivity (Wildman–Crippen MR) is 95.3 cm³/mol. The quantitative estimate of drug-likeness (QED) is 0.464. The summed E-state index contributed by atoms with van der Waals surface area (Å²) in [7, 11) is 0. The molecule has 0 radical (unpaired) electrons. The number of ether oxygens (including phenoxy) is 2. The lowest BCUT2D eigenvalue weighted by atomic mass is 10.1. The number of carbonyl (C=O) groups excluding carboxylic acids is 1. The second-order valence-corrected chi connectivity index (χ2v) is 5.85. The highest BCUT2D eigenvalue weighted by Crippen LogP contribution is 2.28. The van der Waals surface area contributed by atoms with Crippen LogP contribution in [0.3, 0.4) is 0 Å². The average Bonchev–Trinajstić information content (AvgIpc) is 2.57. The van der Waals surface area contributed by atoms with Gasteiger partial charge < -0.3 is 9.47 Å². The minimum Gasteiger partial charge on any atom is -0.488 e. The van der Waals surface area contributed by atoms with Crippen LogP contribution in [0, 0.1) is 19.7 Å². The maximum atomic E-state index is 13.8. The number of carbonyl (C=O) groups is 1. The molecule has 0 saturated heterocycles. The van der Waals surface area contributed by atoms with E-state index in [1.165, 1.54) is 6.07 Å². The van der Waals surface area contributed by atoms with E-state index in [-0.39, 0.29) is 24.8 Å². The van der Waals surface area contributed by atoms with Crippen LogP contribution in [0.1, 0.15) is 35.6 Å². The zero-order valence-corrected chi connectivity index (χ0v) is 15.0. The molecule has 0 amide bonds. The Morgan fingerprint density at radius 1 is 1.17 bits per heavy atom. The minimum absolute atomic E-state index is 0.173. The van der Waals surface area contributed by atoms with Crippen LogP contribution in [0.15, 0.2) is 30.3 Å². The van der Waals surface area contributed by atoms with Gasteiger partial charge in [-0.1, -0.05) is 19.1 Å². The fraction of sp³-hybridized carbons (Fsp3) is 0.316. The SMILES string of the molecule is CCC(=O)Oc1cccc(CS)c1COc1cc(F)c(C)cc1C. The van der Waals surface area contributed by atoms with E-state index in [2.05, 4.69) is 12.6 Å². The summed E-state index contributed by atoms with van der Waals surface area (Å²) in [5.41, 5.74) is 3.08. The van der Waals surface area contributed by atoms with Gasteiger partial charge in [0.05, 0.1) is 0 Å². The highest BCUT2D eigenvalue weighted by Gasteiger charge is 2.14. The molecule has 0 aliphatic heterocycles. The summed E-state index contributed by atoms with van der Waals surface area (Å²) in [6.07, 6.45) is 0.285. The van der Waals surface area contributed by atoms with Crippen LogP contribution in [0.5, 0.6) is 11.5 Å². The van der Waals surface area contributed by atoms with Crippen molar-refractivity contribution in [3.05, 3.63) is 58.4 Å². The minimum atomic E-state index is -0.315. The molecule has 0 atom stereocenters. The number of esters is 1. The van der Waals surface area contributed by atoms with Crippen LogP contribution in [0.4, 0.5) is 4.39 Å². The van der Waals surface area contributed by atoms with Crippen molar-refractivity contribution in [2.45, 2.75) is 39.6 Å². The monoisotopic (exact) mass is 348 g/mol. The lowest BCUT2D eigenvalue weighted by molar-refractivity contribution is -0.134. The van der Waals surface area contributed by atoms with Gasteiger partial charge in [-0.05, 0) is 42.7 Å². The van der Waals surface area contributed by atoms with Gasteiger partial charge in [-0.15, -0.1) is 0 Å². The second-order valence-electron chi connectivity index (χ2n) is 5.54. The number of hydrogen-bond acceptors (Lipinski definition) is 4. The Morgan fingerprint density at radius 3 is 2.58 bits per heavy atom. The van der Waals surface area contributed by atoms with Crippen molar-refractivity contribution in [3.8, 4) is 11.5 Å². The fourth-order valence-electron chi connectivity index (χ4n) is 2.33. The molecule has 128 valence electrons. The maximum absolute atomic E-state index is 13.8. The van der Waals surface area contributed by atoms with Crippen molar-refractivity contribution in [2.24, 2.45) is 0 Å². The molecule has 2 aromatic rings. The Hall–Kier alpha value is -2.01. The highest BCUT2D eigenvalue weighted by molar-refractivity contribution is 7.79. The molecule has 0 unspecified atom stereocenters. The Bertz CT molecular complexity index is 744. The van der Waals surface area contributed by atoms with Crippen LogP contribution in [0.2, 0.25) is 0 Å². The van der Waals surface area contributed by atoms with Crippen LogP contribution < -0.4 is 9.47 Å². The first-order valence-corrected chi connectivity index (χ1v) is 8.41. The summed E-state index contributed by atoms with van der Waals surface area (Å²) in [6.45, 7) is 5.49. The van der Waals surface area contributed by atoms with Crippen LogP contribution >= 0.6 is 12.6 Å². The van der Waals surface area contributed by atoms with Gasteiger partial charge in [0.25, 0.3) is 0 Å². The van der Waals surface area contributed by atoms with Crippen molar-refractivity contribution in [2.75, 3.05) is 0 Å². The molecule has 0 heterocycles.